The number of alkyl carbamates (subject to hydrolysis) is 2. The predicted octanol–water partition coefficient (Wildman–Crippen LogP) is 7.53. The minimum atomic E-state index is -1.31. The van der Waals surface area contributed by atoms with Gasteiger partial charge in [-0.05, 0) is 86.4 Å². The number of nitrogens with zero attached hydrogens (tertiary/aromatic N) is 1. The van der Waals surface area contributed by atoms with E-state index < -0.39 is 30.4 Å². The second-order valence-corrected chi connectivity index (χ2v) is 13.9. The molecule has 4 N–H and O–H groups in total. The Balaban J connectivity index is 1.60. The molecule has 292 valence electrons. The van der Waals surface area contributed by atoms with E-state index in [9.17, 15) is 24.0 Å². The molecule has 1 aliphatic rings. The summed E-state index contributed by atoms with van der Waals surface area (Å²) in [5.74, 6) is -1.44. The maximum atomic E-state index is 14.1. The first kappa shape index (κ1) is 41.9. The molecule has 3 aromatic rings. The van der Waals surface area contributed by atoms with Crippen molar-refractivity contribution in [2.24, 2.45) is 5.92 Å². The number of esters is 1. The van der Waals surface area contributed by atoms with E-state index >= 15 is 0 Å². The van der Waals surface area contributed by atoms with Crippen molar-refractivity contribution in [1.29, 1.82) is 5.41 Å². The minimum absolute atomic E-state index is 0.0184. The monoisotopic (exact) mass is 753 g/mol. The Bertz CT molecular complexity index is 1900. The fourth-order valence-electron chi connectivity index (χ4n) is 5.63. The molecular weight excluding hydrogens is 702 g/mol. The third kappa shape index (κ3) is 12.6. The molecule has 0 saturated heterocycles. The van der Waals surface area contributed by atoms with Gasteiger partial charge in [-0.2, -0.15) is 0 Å². The van der Waals surface area contributed by atoms with Crippen molar-refractivity contribution in [3.63, 3.8) is 0 Å². The zero-order valence-electron chi connectivity index (χ0n) is 32.2. The number of nitrogens with one attached hydrogen (secondary N) is 4. The number of amidine groups is 1. The Morgan fingerprint density at radius 3 is 2.33 bits per heavy atom. The van der Waals surface area contributed by atoms with Crippen LogP contribution in [0.15, 0.2) is 55.1 Å². The fourth-order valence-corrected chi connectivity index (χ4v) is 5.63. The maximum Gasteiger partial charge on any atom is 0.412 e. The molecule has 13 nitrogen and oxygen atoms in total. The normalized spacial score (nSPS) is 12.6. The van der Waals surface area contributed by atoms with Gasteiger partial charge < -0.3 is 24.8 Å². The molecule has 1 heterocycles. The Morgan fingerprint density at radius 2 is 1.67 bits per heavy atom. The van der Waals surface area contributed by atoms with E-state index in [-0.39, 0.29) is 53.2 Å². The Kier molecular flexibility index (Phi) is 15.2. The summed E-state index contributed by atoms with van der Waals surface area (Å²) in [6, 6.07) is 12.9. The van der Waals surface area contributed by atoms with Gasteiger partial charge in [0.05, 0.1) is 6.61 Å². The standard InChI is InChI=1S/C42H51N5O8/c1-7-9-10-11-20-53-41(51)47-38(43)31-16-14-28(15-17-31)22-36(48)34-23-30(8-2)26(5)21-33(34)32-18-19-35(39(49)44-24-29-12-13-29)46-37(32)40(50)54-27(6)55-42(52)45-25(3)4/h8,14-19,21,23,25,27,29H,2,7,9-13,20,22,24H2,1,3-6H3,(H,44,49)(H,45,52)(H2,43,47,51). The number of unbranched alkanes of at least 4 members (excludes halogenated alkanes) is 3. The molecule has 3 amide bonds. The molecule has 0 radical (unpaired) electrons. The van der Waals surface area contributed by atoms with Gasteiger partial charge in [0.25, 0.3) is 5.91 Å². The number of carbonyl (C=O) groups is 5. The number of benzene rings is 2. The molecule has 1 atom stereocenters. The van der Waals surface area contributed by atoms with Gasteiger partial charge in [-0.1, -0.05) is 69.2 Å². The van der Waals surface area contributed by atoms with Crippen LogP contribution in [0.2, 0.25) is 0 Å². The van der Waals surface area contributed by atoms with Crippen molar-refractivity contribution in [2.45, 2.75) is 91.9 Å². The number of amides is 3. The lowest BCUT2D eigenvalue weighted by Gasteiger charge is -2.18. The highest BCUT2D eigenvalue weighted by Crippen LogP contribution is 2.32. The van der Waals surface area contributed by atoms with Crippen molar-refractivity contribution >= 4 is 41.8 Å². The number of hydrogen-bond donors (Lipinski definition) is 4. The Hall–Kier alpha value is -5.85. The highest BCUT2D eigenvalue weighted by molar-refractivity contribution is 6.08. The average Bonchev–Trinajstić information content (AvgIpc) is 3.98. The lowest BCUT2D eigenvalue weighted by molar-refractivity contribution is -0.0607. The summed E-state index contributed by atoms with van der Waals surface area (Å²) in [4.78, 5) is 69.7. The van der Waals surface area contributed by atoms with Crippen LogP contribution in [-0.4, -0.2) is 66.1 Å². The zero-order chi connectivity index (χ0) is 40.1. The smallest absolute Gasteiger partial charge is 0.412 e. The number of hydrogen-bond acceptors (Lipinski definition) is 10. The van der Waals surface area contributed by atoms with Gasteiger partial charge in [-0.25, -0.2) is 19.4 Å². The van der Waals surface area contributed by atoms with E-state index in [1.54, 1.807) is 62.4 Å². The van der Waals surface area contributed by atoms with Crippen LogP contribution in [0.4, 0.5) is 9.59 Å². The van der Waals surface area contributed by atoms with Crippen molar-refractivity contribution < 1.29 is 38.2 Å². The quantitative estimate of drug-likeness (QED) is 0.0254. The summed E-state index contributed by atoms with van der Waals surface area (Å²) < 4.78 is 15.8. The van der Waals surface area contributed by atoms with Gasteiger partial charge in [-0.3, -0.25) is 20.3 Å². The number of carbonyl (C=O) groups excluding carboxylic acids is 5. The second-order valence-electron chi connectivity index (χ2n) is 13.9. The number of rotatable bonds is 18. The molecule has 2 aromatic carbocycles. The third-order valence-corrected chi connectivity index (χ3v) is 8.80. The van der Waals surface area contributed by atoms with E-state index in [2.05, 4.69) is 34.4 Å². The van der Waals surface area contributed by atoms with E-state index in [0.29, 0.717) is 34.7 Å². The predicted molar refractivity (Wildman–Crippen MR) is 209 cm³/mol. The first-order valence-corrected chi connectivity index (χ1v) is 18.7. The molecule has 0 spiro atoms. The van der Waals surface area contributed by atoms with Crippen LogP contribution in [0, 0.1) is 18.3 Å². The van der Waals surface area contributed by atoms with Crippen LogP contribution in [0.1, 0.15) is 120 Å². The molecular formula is C42H51N5O8. The van der Waals surface area contributed by atoms with Crippen molar-refractivity contribution in [3.05, 3.63) is 94.3 Å². The summed E-state index contributed by atoms with van der Waals surface area (Å²) >= 11 is 0. The van der Waals surface area contributed by atoms with Gasteiger partial charge in [0, 0.05) is 42.6 Å². The highest BCUT2D eigenvalue weighted by atomic mass is 16.7. The summed E-state index contributed by atoms with van der Waals surface area (Å²) in [6.07, 6.45) is 4.71. The largest absolute Gasteiger partial charge is 0.449 e. The van der Waals surface area contributed by atoms with E-state index in [4.69, 9.17) is 19.6 Å². The first-order chi connectivity index (χ1) is 26.3. The molecule has 0 bridgehead atoms. The van der Waals surface area contributed by atoms with Crippen molar-refractivity contribution in [1.82, 2.24) is 20.9 Å². The van der Waals surface area contributed by atoms with E-state index in [0.717, 1.165) is 44.1 Å². The Labute approximate surface area is 322 Å². The number of aromatic nitrogens is 1. The Morgan fingerprint density at radius 1 is 0.945 bits per heavy atom. The van der Waals surface area contributed by atoms with Crippen LogP contribution >= 0.6 is 0 Å². The molecule has 4 rings (SSSR count). The fraction of sp³-hybridized carbons (Fsp3) is 0.405. The molecule has 1 aliphatic carbocycles. The first-order valence-electron chi connectivity index (χ1n) is 18.7. The maximum absolute atomic E-state index is 14.1. The molecule has 1 unspecified atom stereocenters. The van der Waals surface area contributed by atoms with Crippen LogP contribution in [0.5, 0.6) is 0 Å². The van der Waals surface area contributed by atoms with Gasteiger partial charge in [0.2, 0.25) is 6.29 Å². The summed E-state index contributed by atoms with van der Waals surface area (Å²) in [7, 11) is 0. The number of Topliss-reactive ketones (excluding diaryl/α,β-unsaturated/α-hetero) is 1. The SMILES string of the molecule is C=Cc1cc(C(=O)Cc2ccc(C(=N)NC(=O)OCCCCCC)cc2)c(-c2ccc(C(=O)NCC3CC3)nc2C(=O)OC(C)OC(=O)NC(C)C)cc1C. The van der Waals surface area contributed by atoms with Gasteiger partial charge in [-0.15, -0.1) is 0 Å². The van der Waals surface area contributed by atoms with Crippen LogP contribution in [0.3, 0.4) is 0 Å². The number of aryl methyl sites for hydroxylation is 1. The summed E-state index contributed by atoms with van der Waals surface area (Å²) in [5, 5.41) is 16.1. The van der Waals surface area contributed by atoms with Gasteiger partial charge >= 0.3 is 18.2 Å². The lowest BCUT2D eigenvalue weighted by Crippen LogP contribution is -2.34. The van der Waals surface area contributed by atoms with Gasteiger partial charge in [0.1, 0.15) is 11.5 Å². The van der Waals surface area contributed by atoms with Crippen LogP contribution in [0.25, 0.3) is 17.2 Å². The number of ether oxygens (including phenoxy) is 3. The second kappa shape index (κ2) is 20.0. The number of ketones is 1. The molecule has 1 saturated carbocycles. The highest BCUT2D eigenvalue weighted by Gasteiger charge is 2.27. The van der Waals surface area contributed by atoms with Crippen LogP contribution in [-0.2, 0) is 20.6 Å². The number of pyridine rings is 1. The van der Waals surface area contributed by atoms with Crippen LogP contribution < -0.4 is 16.0 Å². The van der Waals surface area contributed by atoms with E-state index in [1.165, 1.54) is 13.0 Å². The molecule has 1 fully saturated rings. The average molecular weight is 754 g/mol. The summed E-state index contributed by atoms with van der Waals surface area (Å²) in [6.45, 7) is 13.5. The minimum Gasteiger partial charge on any atom is -0.449 e. The van der Waals surface area contributed by atoms with Crippen molar-refractivity contribution in [3.8, 4) is 11.1 Å². The molecule has 0 aliphatic heterocycles. The van der Waals surface area contributed by atoms with E-state index in [1.807, 2.05) is 6.92 Å². The topological polar surface area (TPSA) is 186 Å². The lowest BCUT2D eigenvalue weighted by atomic mass is 9.89. The molecule has 1 aromatic heterocycles. The molecule has 55 heavy (non-hydrogen) atoms. The molecule has 13 heteroatoms. The third-order valence-electron chi connectivity index (χ3n) is 8.80. The summed E-state index contributed by atoms with van der Waals surface area (Å²) in [5.41, 5.74) is 3.15. The van der Waals surface area contributed by atoms with Crippen molar-refractivity contribution in [2.75, 3.05) is 13.2 Å². The van der Waals surface area contributed by atoms with Gasteiger partial charge in [0.15, 0.2) is 11.5 Å². The zero-order valence-corrected chi connectivity index (χ0v) is 32.2.